The van der Waals surface area contributed by atoms with Gasteiger partial charge in [-0.05, 0) is 46.1 Å². The topological polar surface area (TPSA) is 44.4 Å². The summed E-state index contributed by atoms with van der Waals surface area (Å²) in [4.78, 5) is 14.3. The molecule has 2 saturated heterocycles. The molecule has 0 saturated carbocycles. The quantitative estimate of drug-likeness (QED) is 0.757. The maximum Gasteiger partial charge on any atom is 0.237 e. The fraction of sp³-hybridized carbons (Fsp3) is 0.923. The first-order valence-corrected chi connectivity index (χ1v) is 6.85. The lowest BCUT2D eigenvalue weighted by atomic mass is 9.94. The fourth-order valence-electron chi connectivity index (χ4n) is 2.97. The molecule has 2 aliphatic heterocycles. The fourth-order valence-corrected chi connectivity index (χ4v) is 2.97. The average Bonchev–Trinajstić information content (AvgIpc) is 2.70. The minimum absolute atomic E-state index is 0.00444. The molecule has 0 aromatic heterocycles. The molecule has 98 valence electrons. The number of fused-ring (bicyclic) bond motifs is 1. The van der Waals surface area contributed by atoms with Gasteiger partial charge in [-0.1, -0.05) is 0 Å². The number of carbonyl (C=O) groups excluding carboxylic acids is 1. The van der Waals surface area contributed by atoms with E-state index in [1.807, 2.05) is 20.8 Å². The van der Waals surface area contributed by atoms with Gasteiger partial charge in [0.05, 0.1) is 6.04 Å². The molecular formula is C13H25N3O. The molecule has 1 amide bonds. The Bertz CT molecular complexity index is 266. The molecule has 3 atom stereocenters. The number of rotatable bonds is 3. The zero-order valence-electron chi connectivity index (χ0n) is 11.2. The largest absolute Gasteiger partial charge is 0.353 e. The third-order valence-corrected chi connectivity index (χ3v) is 3.99. The number of carbonyl (C=O) groups is 1. The highest BCUT2D eigenvalue weighted by Gasteiger charge is 2.37. The van der Waals surface area contributed by atoms with Crippen molar-refractivity contribution in [1.29, 1.82) is 0 Å². The van der Waals surface area contributed by atoms with Crippen LogP contribution in [0.25, 0.3) is 0 Å². The van der Waals surface area contributed by atoms with Crippen LogP contribution in [-0.2, 0) is 4.79 Å². The summed E-state index contributed by atoms with van der Waals surface area (Å²) in [6.07, 6.45) is 2.59. The van der Waals surface area contributed by atoms with Crippen LogP contribution in [0.1, 0.15) is 33.6 Å². The van der Waals surface area contributed by atoms with Crippen molar-refractivity contribution >= 4 is 5.91 Å². The lowest BCUT2D eigenvalue weighted by Gasteiger charge is -2.25. The standard InChI is InChI=1S/C13H25N3O/c1-9(2)15-13(17)10(3)16-7-11-5-4-6-14-12(11)8-16/h9-12,14H,4-8H2,1-3H3,(H,15,17). The smallest absolute Gasteiger partial charge is 0.237 e. The van der Waals surface area contributed by atoms with Crippen molar-refractivity contribution in [3.8, 4) is 0 Å². The molecule has 0 bridgehead atoms. The molecule has 4 heteroatoms. The van der Waals surface area contributed by atoms with Crippen LogP contribution in [0.4, 0.5) is 0 Å². The summed E-state index contributed by atoms with van der Waals surface area (Å²) < 4.78 is 0. The Hall–Kier alpha value is -0.610. The number of nitrogens with zero attached hydrogens (tertiary/aromatic N) is 1. The maximum absolute atomic E-state index is 12.0. The van der Waals surface area contributed by atoms with Gasteiger partial charge in [-0.15, -0.1) is 0 Å². The summed E-state index contributed by atoms with van der Waals surface area (Å²) in [5.74, 6) is 0.914. The van der Waals surface area contributed by atoms with E-state index >= 15 is 0 Å². The van der Waals surface area contributed by atoms with Crippen LogP contribution in [0, 0.1) is 5.92 Å². The van der Waals surface area contributed by atoms with Gasteiger partial charge in [-0.25, -0.2) is 0 Å². The molecular weight excluding hydrogens is 214 g/mol. The maximum atomic E-state index is 12.0. The first-order valence-electron chi connectivity index (χ1n) is 6.85. The summed E-state index contributed by atoms with van der Waals surface area (Å²) in [6, 6.07) is 0.843. The summed E-state index contributed by atoms with van der Waals surface area (Å²) in [6.45, 7) is 9.28. The Morgan fingerprint density at radius 2 is 2.12 bits per heavy atom. The molecule has 2 fully saturated rings. The monoisotopic (exact) mass is 239 g/mol. The first kappa shape index (κ1) is 12.8. The lowest BCUT2D eigenvalue weighted by Crippen LogP contribution is -2.47. The van der Waals surface area contributed by atoms with Crippen LogP contribution < -0.4 is 10.6 Å². The number of likely N-dealkylation sites (tertiary alicyclic amines) is 1. The van der Waals surface area contributed by atoms with Crippen LogP contribution in [0.5, 0.6) is 0 Å². The van der Waals surface area contributed by atoms with Gasteiger partial charge in [-0.2, -0.15) is 0 Å². The lowest BCUT2D eigenvalue weighted by molar-refractivity contribution is -0.126. The molecule has 4 nitrogen and oxygen atoms in total. The first-order chi connectivity index (χ1) is 8.08. The predicted molar refractivity (Wildman–Crippen MR) is 68.8 cm³/mol. The number of amides is 1. The molecule has 0 aliphatic carbocycles. The molecule has 17 heavy (non-hydrogen) atoms. The van der Waals surface area contributed by atoms with Gasteiger partial charge >= 0.3 is 0 Å². The number of piperidine rings is 1. The molecule has 2 N–H and O–H groups in total. The SMILES string of the molecule is CC(C)NC(=O)C(C)N1CC2CCCNC2C1. The number of hydrogen-bond acceptors (Lipinski definition) is 3. The van der Waals surface area contributed by atoms with Crippen LogP contribution in [0.3, 0.4) is 0 Å². The molecule has 0 aromatic carbocycles. The number of nitrogens with one attached hydrogen (secondary N) is 2. The highest BCUT2D eigenvalue weighted by Crippen LogP contribution is 2.26. The van der Waals surface area contributed by atoms with Crippen molar-refractivity contribution in [3.05, 3.63) is 0 Å². The van der Waals surface area contributed by atoms with Crippen molar-refractivity contribution < 1.29 is 4.79 Å². The Morgan fingerprint density at radius 1 is 1.35 bits per heavy atom. The predicted octanol–water partition coefficient (Wildman–Crippen LogP) is 0.583. The van der Waals surface area contributed by atoms with Gasteiger partial charge in [0.1, 0.15) is 0 Å². The van der Waals surface area contributed by atoms with Crippen LogP contribution in [-0.4, -0.2) is 48.6 Å². The Balaban J connectivity index is 1.88. The van der Waals surface area contributed by atoms with Crippen molar-refractivity contribution in [3.63, 3.8) is 0 Å². The van der Waals surface area contributed by atoms with Gasteiger partial charge < -0.3 is 10.6 Å². The third kappa shape index (κ3) is 2.99. The van der Waals surface area contributed by atoms with Gasteiger partial charge in [0, 0.05) is 25.2 Å². The van der Waals surface area contributed by atoms with E-state index in [1.54, 1.807) is 0 Å². The van der Waals surface area contributed by atoms with E-state index in [0.29, 0.717) is 6.04 Å². The Kier molecular flexibility index (Phi) is 4.05. The van der Waals surface area contributed by atoms with Crippen LogP contribution in [0.15, 0.2) is 0 Å². The highest BCUT2D eigenvalue weighted by molar-refractivity contribution is 5.81. The van der Waals surface area contributed by atoms with E-state index < -0.39 is 0 Å². The van der Waals surface area contributed by atoms with Gasteiger partial charge in [0.15, 0.2) is 0 Å². The van der Waals surface area contributed by atoms with E-state index in [4.69, 9.17) is 0 Å². The summed E-state index contributed by atoms with van der Waals surface area (Å²) >= 11 is 0. The van der Waals surface area contributed by atoms with Crippen LogP contribution >= 0.6 is 0 Å². The summed E-state index contributed by atoms with van der Waals surface area (Å²) in [5.41, 5.74) is 0. The Morgan fingerprint density at radius 3 is 2.76 bits per heavy atom. The van der Waals surface area contributed by atoms with E-state index in [1.165, 1.54) is 12.8 Å². The minimum atomic E-state index is 0.00444. The molecule has 2 aliphatic rings. The second-order valence-electron chi connectivity index (χ2n) is 5.76. The van der Waals surface area contributed by atoms with Gasteiger partial charge in [-0.3, -0.25) is 9.69 Å². The van der Waals surface area contributed by atoms with Gasteiger partial charge in [0.25, 0.3) is 0 Å². The molecule has 2 rings (SSSR count). The van der Waals surface area contributed by atoms with Crippen molar-refractivity contribution in [2.75, 3.05) is 19.6 Å². The van der Waals surface area contributed by atoms with E-state index in [2.05, 4.69) is 15.5 Å². The van der Waals surface area contributed by atoms with Crippen LogP contribution in [0.2, 0.25) is 0 Å². The summed E-state index contributed by atoms with van der Waals surface area (Å²) in [7, 11) is 0. The average molecular weight is 239 g/mol. The Labute approximate surface area is 104 Å². The molecule has 0 spiro atoms. The molecule has 0 radical (unpaired) electrons. The van der Waals surface area contributed by atoms with Crippen molar-refractivity contribution in [2.24, 2.45) is 5.92 Å². The van der Waals surface area contributed by atoms with E-state index in [-0.39, 0.29) is 18.0 Å². The van der Waals surface area contributed by atoms with Crippen molar-refractivity contribution in [1.82, 2.24) is 15.5 Å². The van der Waals surface area contributed by atoms with Crippen molar-refractivity contribution in [2.45, 2.75) is 51.7 Å². The zero-order chi connectivity index (χ0) is 12.4. The third-order valence-electron chi connectivity index (χ3n) is 3.99. The normalized spacial score (nSPS) is 31.3. The second-order valence-corrected chi connectivity index (χ2v) is 5.76. The molecule has 0 aromatic rings. The molecule has 2 heterocycles. The zero-order valence-corrected chi connectivity index (χ0v) is 11.2. The second kappa shape index (κ2) is 5.36. The molecule has 3 unspecified atom stereocenters. The summed E-state index contributed by atoms with van der Waals surface area (Å²) in [5, 5.41) is 6.57. The minimum Gasteiger partial charge on any atom is -0.353 e. The van der Waals surface area contributed by atoms with E-state index in [0.717, 1.165) is 25.6 Å². The highest BCUT2D eigenvalue weighted by atomic mass is 16.2. The van der Waals surface area contributed by atoms with E-state index in [9.17, 15) is 4.79 Å². The van der Waals surface area contributed by atoms with Gasteiger partial charge in [0.2, 0.25) is 5.91 Å². The number of hydrogen-bond donors (Lipinski definition) is 2.